The zero-order valence-corrected chi connectivity index (χ0v) is 8.07. The van der Waals surface area contributed by atoms with E-state index < -0.39 is 0 Å². The Labute approximate surface area is 78.7 Å². The lowest BCUT2D eigenvalue weighted by Gasteiger charge is -1.97. The van der Waals surface area contributed by atoms with Crippen LogP contribution in [-0.2, 0) is 0 Å². The highest BCUT2D eigenvalue weighted by atomic mass is 14.8. The van der Waals surface area contributed by atoms with Crippen LogP contribution in [0.3, 0.4) is 0 Å². The molecule has 0 aliphatic heterocycles. The van der Waals surface area contributed by atoms with Gasteiger partial charge in [0.1, 0.15) is 0 Å². The molecule has 3 nitrogen and oxygen atoms in total. The first-order valence-corrected chi connectivity index (χ1v) is 4.39. The fourth-order valence-corrected chi connectivity index (χ4v) is 0.967. The Hall–Kier alpha value is -1.22. The minimum Gasteiger partial charge on any atom is -0.328 e. The molecule has 0 bridgehead atoms. The predicted octanol–water partition coefficient (Wildman–Crippen LogP) is 1.54. The van der Waals surface area contributed by atoms with E-state index in [2.05, 4.69) is 9.97 Å². The van der Waals surface area contributed by atoms with Crippen LogP contribution < -0.4 is 5.73 Å². The molecule has 0 aliphatic carbocycles. The van der Waals surface area contributed by atoms with E-state index in [1.807, 2.05) is 26.0 Å². The summed E-state index contributed by atoms with van der Waals surface area (Å²) in [6, 6.07) is 0.203. The highest BCUT2D eigenvalue weighted by Gasteiger charge is 1.91. The summed E-state index contributed by atoms with van der Waals surface area (Å²) in [5.41, 5.74) is 7.42. The van der Waals surface area contributed by atoms with E-state index in [0.717, 1.165) is 17.8 Å². The lowest BCUT2D eigenvalue weighted by atomic mass is 10.2. The zero-order chi connectivity index (χ0) is 9.68. The van der Waals surface area contributed by atoms with E-state index in [9.17, 15) is 0 Å². The molecule has 0 unspecified atom stereocenters. The number of nitrogens with zero attached hydrogens (tertiary/aromatic N) is 2. The summed E-state index contributed by atoms with van der Waals surface area (Å²) in [4.78, 5) is 8.32. The van der Waals surface area contributed by atoms with Gasteiger partial charge < -0.3 is 5.73 Å². The Balaban J connectivity index is 2.58. The highest BCUT2D eigenvalue weighted by Crippen LogP contribution is 1.99. The van der Waals surface area contributed by atoms with Crippen molar-refractivity contribution in [3.05, 3.63) is 29.9 Å². The second kappa shape index (κ2) is 4.72. The molecule has 0 radical (unpaired) electrons. The maximum Gasteiger partial charge on any atom is 0.0812 e. The molecule has 0 aliphatic rings. The smallest absolute Gasteiger partial charge is 0.0812 e. The van der Waals surface area contributed by atoms with Crippen LogP contribution in [0.4, 0.5) is 0 Å². The lowest BCUT2D eigenvalue weighted by Crippen LogP contribution is -2.12. The van der Waals surface area contributed by atoms with Crippen LogP contribution in [0.15, 0.2) is 18.5 Å². The summed E-state index contributed by atoms with van der Waals surface area (Å²) < 4.78 is 0. The van der Waals surface area contributed by atoms with E-state index in [-0.39, 0.29) is 6.04 Å². The van der Waals surface area contributed by atoms with Gasteiger partial charge in [-0.15, -0.1) is 0 Å². The molecule has 1 rings (SSSR count). The third kappa shape index (κ3) is 3.80. The Morgan fingerprint density at radius 2 is 2.31 bits per heavy atom. The van der Waals surface area contributed by atoms with Gasteiger partial charge in [0.05, 0.1) is 17.6 Å². The maximum atomic E-state index is 5.60. The molecule has 0 amide bonds. The number of hydrogen-bond acceptors (Lipinski definition) is 3. The third-order valence-electron chi connectivity index (χ3n) is 1.57. The average molecular weight is 177 g/mol. The average Bonchev–Trinajstić information content (AvgIpc) is 2.03. The molecule has 1 aromatic rings. The van der Waals surface area contributed by atoms with Crippen LogP contribution in [0.2, 0.25) is 0 Å². The molecule has 0 aromatic carbocycles. The van der Waals surface area contributed by atoms with Crippen molar-refractivity contribution in [1.82, 2.24) is 9.97 Å². The van der Waals surface area contributed by atoms with Gasteiger partial charge in [-0.2, -0.15) is 0 Å². The molecule has 0 fully saturated rings. The molecule has 70 valence electrons. The highest BCUT2D eigenvalue weighted by molar-refractivity contribution is 5.42. The van der Waals surface area contributed by atoms with Gasteiger partial charge in [-0.1, -0.05) is 6.08 Å². The van der Waals surface area contributed by atoms with Gasteiger partial charge in [-0.3, -0.25) is 9.97 Å². The molecule has 2 N–H and O–H groups in total. The molecule has 0 saturated carbocycles. The molecule has 0 spiro atoms. The van der Waals surface area contributed by atoms with E-state index in [4.69, 9.17) is 5.73 Å². The summed E-state index contributed by atoms with van der Waals surface area (Å²) in [6.45, 7) is 3.90. The van der Waals surface area contributed by atoms with Crippen LogP contribution in [0.25, 0.3) is 6.08 Å². The van der Waals surface area contributed by atoms with Gasteiger partial charge in [0.15, 0.2) is 0 Å². The van der Waals surface area contributed by atoms with Crippen LogP contribution in [0.1, 0.15) is 24.7 Å². The lowest BCUT2D eigenvalue weighted by molar-refractivity contribution is 0.759. The van der Waals surface area contributed by atoms with Gasteiger partial charge in [-0.25, -0.2) is 0 Å². The van der Waals surface area contributed by atoms with E-state index >= 15 is 0 Å². The normalized spacial score (nSPS) is 13.5. The molecular formula is C10H15N3. The van der Waals surface area contributed by atoms with Crippen LogP contribution >= 0.6 is 0 Å². The fourth-order valence-electron chi connectivity index (χ4n) is 0.967. The largest absolute Gasteiger partial charge is 0.328 e. The summed E-state index contributed by atoms with van der Waals surface area (Å²) in [7, 11) is 0. The Kier molecular flexibility index (Phi) is 3.58. The number of nitrogens with two attached hydrogens (primary N) is 1. The minimum absolute atomic E-state index is 0.203. The van der Waals surface area contributed by atoms with Gasteiger partial charge in [0, 0.05) is 12.2 Å². The summed E-state index contributed by atoms with van der Waals surface area (Å²) in [5.74, 6) is 0. The van der Waals surface area contributed by atoms with Gasteiger partial charge >= 0.3 is 0 Å². The van der Waals surface area contributed by atoms with Crippen molar-refractivity contribution in [3.8, 4) is 0 Å². The van der Waals surface area contributed by atoms with Gasteiger partial charge in [0.2, 0.25) is 0 Å². The van der Waals surface area contributed by atoms with Crippen molar-refractivity contribution in [3.63, 3.8) is 0 Å². The number of aryl methyl sites for hydroxylation is 1. The van der Waals surface area contributed by atoms with Crippen molar-refractivity contribution in [2.75, 3.05) is 0 Å². The monoisotopic (exact) mass is 177 g/mol. The number of rotatable bonds is 3. The third-order valence-corrected chi connectivity index (χ3v) is 1.57. The van der Waals surface area contributed by atoms with Gasteiger partial charge in [0.25, 0.3) is 0 Å². The minimum atomic E-state index is 0.203. The topological polar surface area (TPSA) is 51.8 Å². The summed E-state index contributed by atoms with van der Waals surface area (Å²) in [5, 5.41) is 0. The van der Waals surface area contributed by atoms with Crippen LogP contribution in [-0.4, -0.2) is 16.0 Å². The van der Waals surface area contributed by atoms with Gasteiger partial charge in [-0.05, 0) is 26.3 Å². The van der Waals surface area contributed by atoms with Crippen molar-refractivity contribution >= 4 is 6.08 Å². The maximum absolute atomic E-state index is 5.60. The predicted molar refractivity (Wildman–Crippen MR) is 54.1 cm³/mol. The molecule has 1 atom stereocenters. The van der Waals surface area contributed by atoms with E-state index in [1.54, 1.807) is 12.4 Å². The van der Waals surface area contributed by atoms with Crippen LogP contribution in [0, 0.1) is 6.92 Å². The fraction of sp³-hybridized carbons (Fsp3) is 0.400. The standard InChI is InChI=1S/C10H15N3/c1-8(11)4-3-5-10-7-12-6-9(2)13-10/h3,5-8H,4,11H2,1-2H3/b5-3+/t8-/m0/s1. The summed E-state index contributed by atoms with van der Waals surface area (Å²) >= 11 is 0. The van der Waals surface area contributed by atoms with E-state index in [0.29, 0.717) is 0 Å². The second-order valence-corrected chi connectivity index (χ2v) is 3.20. The first-order chi connectivity index (χ1) is 6.18. The second-order valence-electron chi connectivity index (χ2n) is 3.20. The molecular weight excluding hydrogens is 162 g/mol. The molecule has 13 heavy (non-hydrogen) atoms. The van der Waals surface area contributed by atoms with Crippen molar-refractivity contribution < 1.29 is 0 Å². The Morgan fingerprint density at radius 3 is 2.92 bits per heavy atom. The Bertz CT molecular complexity index is 292. The Morgan fingerprint density at radius 1 is 1.54 bits per heavy atom. The molecule has 1 aromatic heterocycles. The molecule has 1 heterocycles. The number of hydrogen-bond donors (Lipinski definition) is 1. The van der Waals surface area contributed by atoms with Crippen LogP contribution in [0.5, 0.6) is 0 Å². The first kappa shape index (κ1) is 9.86. The van der Waals surface area contributed by atoms with E-state index in [1.165, 1.54) is 0 Å². The zero-order valence-electron chi connectivity index (χ0n) is 8.07. The quantitative estimate of drug-likeness (QED) is 0.761. The SMILES string of the molecule is Cc1cncc(/C=C/C[C@H](C)N)n1. The van der Waals surface area contributed by atoms with Crippen molar-refractivity contribution in [1.29, 1.82) is 0 Å². The molecule has 0 saturated heterocycles. The molecule has 3 heteroatoms. The van der Waals surface area contributed by atoms with Crippen molar-refractivity contribution in [2.24, 2.45) is 5.73 Å². The van der Waals surface area contributed by atoms with Crippen molar-refractivity contribution in [2.45, 2.75) is 26.3 Å². The summed E-state index contributed by atoms with van der Waals surface area (Å²) in [6.07, 6.45) is 8.32. The number of aromatic nitrogens is 2. The first-order valence-electron chi connectivity index (χ1n) is 4.39.